The molecule has 2 unspecified atom stereocenters. The van der Waals surface area contributed by atoms with Crippen molar-refractivity contribution in [3.8, 4) is 0 Å². The van der Waals surface area contributed by atoms with E-state index < -0.39 is 41.4 Å². The predicted molar refractivity (Wildman–Crippen MR) is 81.0 cm³/mol. The molecule has 10 nitrogen and oxygen atoms in total. The third-order valence-electron chi connectivity index (χ3n) is 3.92. The number of hydrazine groups is 2. The van der Waals surface area contributed by atoms with E-state index in [-0.39, 0.29) is 12.8 Å². The summed E-state index contributed by atoms with van der Waals surface area (Å²) in [6.07, 6.45) is -0.139. The molecular formula is C13H24N6O4. The van der Waals surface area contributed by atoms with Crippen LogP contribution >= 0.6 is 0 Å². The van der Waals surface area contributed by atoms with Gasteiger partial charge in [0.1, 0.15) is 5.54 Å². The summed E-state index contributed by atoms with van der Waals surface area (Å²) >= 11 is 0. The number of hydrogen-bond acceptors (Lipinski definition) is 6. The van der Waals surface area contributed by atoms with Crippen LogP contribution in [0.25, 0.3) is 0 Å². The molecule has 5 amide bonds. The molecule has 0 saturated carbocycles. The molecule has 0 aromatic heterocycles. The van der Waals surface area contributed by atoms with Gasteiger partial charge >= 0.3 is 6.03 Å². The molecule has 1 heterocycles. The predicted octanol–water partition coefficient (Wildman–Crippen LogP) is -1.43. The van der Waals surface area contributed by atoms with E-state index in [2.05, 4.69) is 0 Å². The first-order chi connectivity index (χ1) is 10.6. The number of amides is 5. The first kappa shape index (κ1) is 18.8. The zero-order valence-corrected chi connectivity index (χ0v) is 13.8. The summed E-state index contributed by atoms with van der Waals surface area (Å²) < 4.78 is 0. The fourth-order valence-electron chi connectivity index (χ4n) is 2.81. The fourth-order valence-corrected chi connectivity index (χ4v) is 2.81. The molecule has 1 fully saturated rings. The minimum absolute atomic E-state index is 0.0372. The second kappa shape index (κ2) is 6.92. The Kier molecular flexibility index (Phi) is 5.67. The Labute approximate surface area is 134 Å². The quantitative estimate of drug-likeness (QED) is 0.203. The van der Waals surface area contributed by atoms with Gasteiger partial charge in [-0.3, -0.25) is 30.1 Å². The standard InChI is InChI=1S/C13H24N6O4/c1-7(5-9(20)16-14)18-11(22)13(3,4)19(12(18)23)8(2)6-10(21)17-15/h7-8H,5-6,14-15H2,1-4H3,(H,16,20)(H,17,21). The van der Waals surface area contributed by atoms with Crippen LogP contribution in [-0.2, 0) is 14.4 Å². The average molecular weight is 328 g/mol. The topological polar surface area (TPSA) is 151 Å². The number of imide groups is 1. The maximum absolute atomic E-state index is 12.7. The largest absolute Gasteiger partial charge is 0.328 e. The smallest absolute Gasteiger partial charge is 0.307 e. The van der Waals surface area contributed by atoms with Gasteiger partial charge in [0.15, 0.2) is 0 Å². The van der Waals surface area contributed by atoms with Crippen molar-refractivity contribution in [2.24, 2.45) is 11.7 Å². The van der Waals surface area contributed by atoms with E-state index in [9.17, 15) is 19.2 Å². The number of carbonyl (C=O) groups excluding carboxylic acids is 4. The maximum atomic E-state index is 12.7. The van der Waals surface area contributed by atoms with Crippen LogP contribution in [0, 0.1) is 0 Å². The molecule has 0 radical (unpaired) electrons. The number of urea groups is 1. The molecule has 130 valence electrons. The number of nitrogens with one attached hydrogen (secondary N) is 2. The van der Waals surface area contributed by atoms with Crippen molar-refractivity contribution in [1.29, 1.82) is 0 Å². The normalized spacial score (nSPS) is 19.6. The third-order valence-corrected chi connectivity index (χ3v) is 3.92. The van der Waals surface area contributed by atoms with Crippen molar-refractivity contribution in [3.63, 3.8) is 0 Å². The molecule has 0 spiro atoms. The lowest BCUT2D eigenvalue weighted by molar-refractivity contribution is -0.134. The zero-order chi connectivity index (χ0) is 17.9. The molecule has 0 bridgehead atoms. The Morgan fingerprint density at radius 3 is 1.91 bits per heavy atom. The number of rotatable bonds is 6. The van der Waals surface area contributed by atoms with E-state index in [0.717, 1.165) is 4.90 Å². The fraction of sp³-hybridized carbons (Fsp3) is 0.692. The minimum Gasteiger partial charge on any atom is -0.307 e. The number of nitrogens with zero attached hydrogens (tertiary/aromatic N) is 2. The second-order valence-corrected chi connectivity index (χ2v) is 6.13. The lowest BCUT2D eigenvalue weighted by Gasteiger charge is -2.33. The molecule has 1 rings (SSSR count). The summed E-state index contributed by atoms with van der Waals surface area (Å²) in [5.41, 5.74) is 2.84. The second-order valence-electron chi connectivity index (χ2n) is 6.13. The minimum atomic E-state index is -1.13. The van der Waals surface area contributed by atoms with Gasteiger partial charge in [-0.15, -0.1) is 0 Å². The molecule has 1 aliphatic heterocycles. The summed E-state index contributed by atoms with van der Waals surface area (Å²) in [6, 6.07) is -1.74. The lowest BCUT2D eigenvalue weighted by atomic mass is 10.0. The van der Waals surface area contributed by atoms with Gasteiger partial charge in [0.05, 0.1) is 0 Å². The van der Waals surface area contributed by atoms with Crippen LogP contribution < -0.4 is 22.5 Å². The van der Waals surface area contributed by atoms with Crippen LogP contribution in [-0.4, -0.2) is 51.2 Å². The van der Waals surface area contributed by atoms with Gasteiger partial charge in [-0.05, 0) is 27.7 Å². The third kappa shape index (κ3) is 3.59. The number of nitrogens with two attached hydrogens (primary N) is 2. The molecule has 0 aliphatic carbocycles. The molecule has 23 heavy (non-hydrogen) atoms. The van der Waals surface area contributed by atoms with Crippen molar-refractivity contribution in [1.82, 2.24) is 20.7 Å². The van der Waals surface area contributed by atoms with Crippen LogP contribution in [0.4, 0.5) is 4.79 Å². The highest BCUT2D eigenvalue weighted by Gasteiger charge is 2.54. The lowest BCUT2D eigenvalue weighted by Crippen LogP contribution is -2.50. The molecule has 0 aromatic carbocycles. The van der Waals surface area contributed by atoms with Crippen LogP contribution in [0.2, 0.25) is 0 Å². The van der Waals surface area contributed by atoms with Crippen molar-refractivity contribution in [3.05, 3.63) is 0 Å². The summed E-state index contributed by atoms with van der Waals surface area (Å²) in [7, 11) is 0. The van der Waals surface area contributed by atoms with E-state index in [0.29, 0.717) is 0 Å². The summed E-state index contributed by atoms with van der Waals surface area (Å²) in [5.74, 6) is 8.74. The van der Waals surface area contributed by atoms with Gasteiger partial charge in [0, 0.05) is 24.9 Å². The van der Waals surface area contributed by atoms with E-state index in [1.54, 1.807) is 27.7 Å². The van der Waals surface area contributed by atoms with Crippen LogP contribution in [0.15, 0.2) is 0 Å². The Morgan fingerprint density at radius 2 is 1.48 bits per heavy atom. The number of hydrogen-bond donors (Lipinski definition) is 4. The highest BCUT2D eigenvalue weighted by atomic mass is 16.2. The zero-order valence-electron chi connectivity index (χ0n) is 13.8. The Hall–Kier alpha value is -2.20. The first-order valence-electron chi connectivity index (χ1n) is 7.23. The van der Waals surface area contributed by atoms with Crippen LogP contribution in [0.1, 0.15) is 40.5 Å². The van der Waals surface area contributed by atoms with E-state index in [4.69, 9.17) is 11.7 Å². The maximum Gasteiger partial charge on any atom is 0.328 e. The van der Waals surface area contributed by atoms with Crippen molar-refractivity contribution in [2.75, 3.05) is 0 Å². The van der Waals surface area contributed by atoms with E-state index in [1.807, 2.05) is 10.9 Å². The first-order valence-corrected chi connectivity index (χ1v) is 7.23. The van der Waals surface area contributed by atoms with Gasteiger partial charge in [-0.25, -0.2) is 16.5 Å². The molecule has 1 aliphatic rings. The Morgan fingerprint density at radius 1 is 1.04 bits per heavy atom. The summed E-state index contributed by atoms with van der Waals surface area (Å²) in [5, 5.41) is 0. The molecule has 6 N–H and O–H groups in total. The average Bonchev–Trinajstić information content (AvgIpc) is 2.64. The van der Waals surface area contributed by atoms with Crippen molar-refractivity contribution in [2.45, 2.75) is 58.2 Å². The monoisotopic (exact) mass is 328 g/mol. The van der Waals surface area contributed by atoms with E-state index >= 15 is 0 Å². The molecular weight excluding hydrogens is 304 g/mol. The summed E-state index contributed by atoms with van der Waals surface area (Å²) in [4.78, 5) is 50.4. The highest BCUT2D eigenvalue weighted by Crippen LogP contribution is 2.32. The molecule has 1 saturated heterocycles. The SMILES string of the molecule is CC(CC(=O)NN)N1C(=O)N(C(C)CC(=O)NN)C(C)(C)C1=O. The van der Waals surface area contributed by atoms with E-state index in [1.165, 1.54) is 4.90 Å². The van der Waals surface area contributed by atoms with Gasteiger partial charge in [-0.1, -0.05) is 0 Å². The van der Waals surface area contributed by atoms with Gasteiger partial charge in [0.2, 0.25) is 11.8 Å². The van der Waals surface area contributed by atoms with Crippen LogP contribution in [0.3, 0.4) is 0 Å². The molecule has 10 heteroatoms. The Bertz CT molecular complexity index is 521. The van der Waals surface area contributed by atoms with Crippen LogP contribution in [0.5, 0.6) is 0 Å². The van der Waals surface area contributed by atoms with Crippen molar-refractivity contribution >= 4 is 23.8 Å². The molecule has 2 atom stereocenters. The van der Waals surface area contributed by atoms with Gasteiger partial charge in [0.25, 0.3) is 5.91 Å². The Balaban J connectivity index is 3.03. The summed E-state index contributed by atoms with van der Waals surface area (Å²) in [6.45, 7) is 6.43. The van der Waals surface area contributed by atoms with Crippen molar-refractivity contribution < 1.29 is 19.2 Å². The number of carbonyl (C=O) groups is 4. The highest BCUT2D eigenvalue weighted by molar-refractivity contribution is 6.07. The molecule has 0 aromatic rings. The van der Waals surface area contributed by atoms with Gasteiger partial charge < -0.3 is 4.90 Å². The van der Waals surface area contributed by atoms with Gasteiger partial charge in [-0.2, -0.15) is 0 Å².